The topological polar surface area (TPSA) is 66.8 Å². The van der Waals surface area contributed by atoms with Crippen LogP contribution in [-0.4, -0.2) is 42.1 Å². The van der Waals surface area contributed by atoms with Crippen LogP contribution in [0.5, 0.6) is 5.75 Å². The molecule has 2 rings (SSSR count). The van der Waals surface area contributed by atoms with Crippen molar-refractivity contribution in [1.82, 2.24) is 4.90 Å². The van der Waals surface area contributed by atoms with Crippen molar-refractivity contribution in [2.45, 2.75) is 19.8 Å². The molecular weight excluding hydrogens is 258 g/mol. The van der Waals surface area contributed by atoms with Crippen molar-refractivity contribution >= 4 is 11.9 Å². The van der Waals surface area contributed by atoms with E-state index in [1.165, 1.54) is 0 Å². The third-order valence-corrected chi connectivity index (χ3v) is 3.71. The normalized spacial score (nSPS) is 18.7. The van der Waals surface area contributed by atoms with Crippen LogP contribution in [0.15, 0.2) is 18.2 Å². The van der Waals surface area contributed by atoms with Crippen LogP contribution in [0.3, 0.4) is 0 Å². The fraction of sp³-hybridized carbons (Fsp3) is 0.467. The summed E-state index contributed by atoms with van der Waals surface area (Å²) in [6.45, 7) is 2.80. The molecule has 1 aromatic rings. The monoisotopic (exact) mass is 277 g/mol. The molecular formula is C15H19NO4. The van der Waals surface area contributed by atoms with E-state index in [1.807, 2.05) is 13.0 Å². The molecule has 1 fully saturated rings. The third kappa shape index (κ3) is 2.92. The molecule has 0 radical (unpaired) electrons. The van der Waals surface area contributed by atoms with Gasteiger partial charge in [0.25, 0.3) is 5.91 Å². The first-order valence-electron chi connectivity index (χ1n) is 6.69. The molecule has 0 spiro atoms. The number of aliphatic carboxylic acids is 1. The summed E-state index contributed by atoms with van der Waals surface area (Å²) >= 11 is 0. The van der Waals surface area contributed by atoms with E-state index in [-0.39, 0.29) is 12.5 Å². The van der Waals surface area contributed by atoms with Crippen LogP contribution in [0.1, 0.15) is 28.8 Å². The zero-order chi connectivity index (χ0) is 14.7. The smallest absolute Gasteiger partial charge is 0.308 e. The standard InChI is InChI=1S/C15H19NO4/c1-10-5-6-11(8-13(10)20-2)14(17)16-7-3-4-12(9-16)15(18)19/h5-6,8,12H,3-4,7,9H2,1-2H3,(H,18,19)/t12-/m0/s1. The molecule has 0 saturated carbocycles. The van der Waals surface area contributed by atoms with Gasteiger partial charge in [0, 0.05) is 18.7 Å². The quantitative estimate of drug-likeness (QED) is 0.917. The summed E-state index contributed by atoms with van der Waals surface area (Å²) < 4.78 is 5.22. The lowest BCUT2D eigenvalue weighted by Gasteiger charge is -2.30. The molecule has 1 amide bonds. The molecule has 0 aromatic heterocycles. The number of carbonyl (C=O) groups excluding carboxylic acids is 1. The highest BCUT2D eigenvalue weighted by Gasteiger charge is 2.28. The molecule has 1 aromatic carbocycles. The Bertz CT molecular complexity index is 527. The summed E-state index contributed by atoms with van der Waals surface area (Å²) in [7, 11) is 1.57. The van der Waals surface area contributed by atoms with Gasteiger partial charge in [-0.15, -0.1) is 0 Å². The van der Waals surface area contributed by atoms with Gasteiger partial charge in [0.1, 0.15) is 5.75 Å². The molecule has 1 heterocycles. The number of carbonyl (C=O) groups is 2. The fourth-order valence-corrected chi connectivity index (χ4v) is 2.50. The van der Waals surface area contributed by atoms with E-state index in [2.05, 4.69) is 0 Å². The third-order valence-electron chi connectivity index (χ3n) is 3.71. The first-order valence-corrected chi connectivity index (χ1v) is 6.69. The summed E-state index contributed by atoms with van der Waals surface area (Å²) in [5.41, 5.74) is 1.50. The Balaban J connectivity index is 2.16. The number of carboxylic acid groups (broad SMARTS) is 1. The molecule has 1 aliphatic heterocycles. The van der Waals surface area contributed by atoms with Gasteiger partial charge in [-0.2, -0.15) is 0 Å². The minimum Gasteiger partial charge on any atom is -0.496 e. The van der Waals surface area contributed by atoms with Crippen LogP contribution < -0.4 is 4.74 Å². The minimum absolute atomic E-state index is 0.130. The number of methoxy groups -OCH3 is 1. The zero-order valence-corrected chi connectivity index (χ0v) is 11.8. The number of amides is 1. The fourth-order valence-electron chi connectivity index (χ4n) is 2.50. The average Bonchev–Trinajstić information content (AvgIpc) is 2.47. The van der Waals surface area contributed by atoms with E-state index in [1.54, 1.807) is 24.1 Å². The van der Waals surface area contributed by atoms with Gasteiger partial charge in [0.2, 0.25) is 0 Å². The number of hydrogen-bond donors (Lipinski definition) is 1. The second kappa shape index (κ2) is 5.94. The number of piperidine rings is 1. The lowest BCUT2D eigenvalue weighted by atomic mass is 9.97. The molecule has 108 valence electrons. The number of nitrogens with zero attached hydrogens (tertiary/aromatic N) is 1. The Morgan fingerprint density at radius 2 is 2.15 bits per heavy atom. The van der Waals surface area contributed by atoms with Crippen LogP contribution in [0.25, 0.3) is 0 Å². The lowest BCUT2D eigenvalue weighted by Crippen LogP contribution is -2.42. The predicted octanol–water partition coefficient (Wildman–Crippen LogP) is 1.94. The van der Waals surface area contributed by atoms with Crippen LogP contribution in [-0.2, 0) is 4.79 Å². The van der Waals surface area contributed by atoms with Gasteiger partial charge in [-0.3, -0.25) is 9.59 Å². The molecule has 1 atom stereocenters. The number of rotatable bonds is 3. The summed E-state index contributed by atoms with van der Waals surface area (Å²) in [6, 6.07) is 5.30. The SMILES string of the molecule is COc1cc(C(=O)N2CCC[C@H](C(=O)O)C2)ccc1C. The van der Waals surface area contributed by atoms with Crippen LogP contribution in [0.2, 0.25) is 0 Å². The Labute approximate surface area is 118 Å². The van der Waals surface area contributed by atoms with Crippen molar-refractivity contribution in [3.63, 3.8) is 0 Å². The Morgan fingerprint density at radius 3 is 2.80 bits per heavy atom. The van der Waals surface area contributed by atoms with Crippen molar-refractivity contribution in [3.8, 4) is 5.75 Å². The van der Waals surface area contributed by atoms with E-state index >= 15 is 0 Å². The Morgan fingerprint density at radius 1 is 1.40 bits per heavy atom. The highest BCUT2D eigenvalue weighted by atomic mass is 16.5. The highest BCUT2D eigenvalue weighted by Crippen LogP contribution is 2.23. The number of ether oxygens (including phenoxy) is 1. The summed E-state index contributed by atoms with van der Waals surface area (Å²) in [5.74, 6) is -0.749. The second-order valence-electron chi connectivity index (χ2n) is 5.11. The second-order valence-corrected chi connectivity index (χ2v) is 5.11. The van der Waals surface area contributed by atoms with E-state index in [9.17, 15) is 9.59 Å². The Hall–Kier alpha value is -2.04. The van der Waals surface area contributed by atoms with E-state index < -0.39 is 11.9 Å². The molecule has 0 unspecified atom stereocenters. The van der Waals surface area contributed by atoms with Gasteiger partial charge < -0.3 is 14.7 Å². The number of carboxylic acids is 1. The number of likely N-dealkylation sites (tertiary alicyclic amines) is 1. The van der Waals surface area contributed by atoms with Crippen LogP contribution >= 0.6 is 0 Å². The largest absolute Gasteiger partial charge is 0.496 e. The minimum atomic E-state index is -0.830. The number of benzene rings is 1. The van der Waals surface area contributed by atoms with Crippen molar-refractivity contribution in [2.75, 3.05) is 20.2 Å². The van der Waals surface area contributed by atoms with Crippen molar-refractivity contribution in [1.29, 1.82) is 0 Å². The summed E-state index contributed by atoms with van der Waals surface area (Å²) in [6.07, 6.45) is 1.36. The maximum Gasteiger partial charge on any atom is 0.308 e. The van der Waals surface area contributed by atoms with Gasteiger partial charge >= 0.3 is 5.97 Å². The molecule has 1 aliphatic rings. The zero-order valence-electron chi connectivity index (χ0n) is 11.8. The predicted molar refractivity (Wildman–Crippen MR) is 74.0 cm³/mol. The van der Waals surface area contributed by atoms with E-state index in [4.69, 9.17) is 9.84 Å². The first-order chi connectivity index (χ1) is 9.52. The van der Waals surface area contributed by atoms with Gasteiger partial charge in [-0.05, 0) is 37.5 Å². The van der Waals surface area contributed by atoms with Crippen molar-refractivity contribution < 1.29 is 19.4 Å². The number of aryl methyl sites for hydroxylation is 1. The summed E-state index contributed by atoms with van der Waals surface area (Å²) in [5, 5.41) is 9.07. The summed E-state index contributed by atoms with van der Waals surface area (Å²) in [4.78, 5) is 25.1. The molecule has 1 N–H and O–H groups in total. The van der Waals surface area contributed by atoms with Gasteiger partial charge in [-0.1, -0.05) is 6.07 Å². The lowest BCUT2D eigenvalue weighted by molar-refractivity contribution is -0.143. The van der Waals surface area contributed by atoms with E-state index in [0.717, 1.165) is 12.0 Å². The highest BCUT2D eigenvalue weighted by molar-refractivity contribution is 5.95. The van der Waals surface area contributed by atoms with Gasteiger partial charge in [-0.25, -0.2) is 0 Å². The average molecular weight is 277 g/mol. The molecule has 0 aliphatic carbocycles. The molecule has 5 nitrogen and oxygen atoms in total. The van der Waals surface area contributed by atoms with Crippen molar-refractivity contribution in [3.05, 3.63) is 29.3 Å². The Kier molecular flexibility index (Phi) is 4.27. The first kappa shape index (κ1) is 14.4. The molecule has 5 heteroatoms. The van der Waals surface area contributed by atoms with Crippen LogP contribution in [0.4, 0.5) is 0 Å². The molecule has 1 saturated heterocycles. The molecule has 0 bridgehead atoms. The maximum atomic E-state index is 12.4. The maximum absolute atomic E-state index is 12.4. The van der Waals surface area contributed by atoms with Gasteiger partial charge in [0.05, 0.1) is 13.0 Å². The van der Waals surface area contributed by atoms with E-state index in [0.29, 0.717) is 24.3 Å². The number of hydrogen-bond acceptors (Lipinski definition) is 3. The van der Waals surface area contributed by atoms with Gasteiger partial charge in [0.15, 0.2) is 0 Å². The van der Waals surface area contributed by atoms with Crippen LogP contribution in [0, 0.1) is 12.8 Å². The van der Waals surface area contributed by atoms with Crippen molar-refractivity contribution in [2.24, 2.45) is 5.92 Å². The molecule has 20 heavy (non-hydrogen) atoms.